The lowest BCUT2D eigenvalue weighted by Crippen LogP contribution is -2.46. The molecule has 1 aromatic carbocycles. The first-order valence-electron chi connectivity index (χ1n) is 10.1. The summed E-state index contributed by atoms with van der Waals surface area (Å²) in [6.45, 7) is 2.92. The summed E-state index contributed by atoms with van der Waals surface area (Å²) >= 11 is 0. The van der Waals surface area contributed by atoms with Crippen LogP contribution in [0.1, 0.15) is 57.7 Å². The molecule has 4 N–H and O–H groups in total. The Hall–Kier alpha value is -3.75. The normalized spacial score (nSPS) is 20.0. The number of carbonyl (C=O) groups excluding carboxylic acids is 4. The molecule has 0 spiro atoms. The maximum absolute atomic E-state index is 13.1. The lowest BCUT2D eigenvalue weighted by Gasteiger charge is -2.38. The second kappa shape index (κ2) is 8.17. The number of rotatable bonds is 3. The van der Waals surface area contributed by atoms with Crippen molar-refractivity contribution in [3.05, 3.63) is 58.8 Å². The molecule has 3 heterocycles. The van der Waals surface area contributed by atoms with Crippen LogP contribution < -0.4 is 16.4 Å². The molecule has 0 radical (unpaired) electrons. The average Bonchev–Trinajstić information content (AvgIpc) is 3.13. The second-order valence-corrected chi connectivity index (χ2v) is 7.97. The number of anilines is 1. The van der Waals surface area contributed by atoms with Gasteiger partial charge in [-0.1, -0.05) is 19.1 Å². The molecular formula is C22H23N5O4. The van der Waals surface area contributed by atoms with Crippen LogP contribution >= 0.6 is 0 Å². The van der Waals surface area contributed by atoms with Gasteiger partial charge in [-0.3, -0.25) is 19.2 Å². The molecule has 0 saturated carbocycles. The highest BCUT2D eigenvalue weighted by atomic mass is 16.2. The molecule has 9 heteroatoms. The Morgan fingerprint density at radius 3 is 2.81 bits per heavy atom. The summed E-state index contributed by atoms with van der Waals surface area (Å²) < 4.78 is 0. The lowest BCUT2D eigenvalue weighted by molar-refractivity contribution is -0.146. The molecule has 2 aliphatic heterocycles. The van der Waals surface area contributed by atoms with Gasteiger partial charge in [0.1, 0.15) is 5.82 Å². The highest BCUT2D eigenvalue weighted by Crippen LogP contribution is 2.35. The van der Waals surface area contributed by atoms with Crippen molar-refractivity contribution in [2.24, 2.45) is 11.7 Å². The Labute approximate surface area is 179 Å². The van der Waals surface area contributed by atoms with E-state index >= 15 is 0 Å². The van der Waals surface area contributed by atoms with Crippen LogP contribution in [0.4, 0.5) is 5.82 Å². The number of piperidine rings is 1. The molecule has 2 aromatic rings. The number of hydrogen-bond acceptors (Lipinski definition) is 5. The van der Waals surface area contributed by atoms with Crippen LogP contribution in [-0.2, 0) is 16.1 Å². The van der Waals surface area contributed by atoms with Crippen molar-refractivity contribution >= 4 is 29.4 Å². The van der Waals surface area contributed by atoms with E-state index in [9.17, 15) is 19.2 Å². The summed E-state index contributed by atoms with van der Waals surface area (Å²) in [5, 5.41) is 5.21. The average molecular weight is 421 g/mol. The van der Waals surface area contributed by atoms with E-state index in [0.717, 1.165) is 17.5 Å². The highest BCUT2D eigenvalue weighted by Gasteiger charge is 2.35. The smallest absolute Gasteiger partial charge is 0.315 e. The predicted octanol–water partition coefficient (Wildman–Crippen LogP) is 1.36. The van der Waals surface area contributed by atoms with Gasteiger partial charge in [0.2, 0.25) is 0 Å². The van der Waals surface area contributed by atoms with Crippen molar-refractivity contribution < 1.29 is 19.2 Å². The predicted molar refractivity (Wildman–Crippen MR) is 112 cm³/mol. The van der Waals surface area contributed by atoms with E-state index in [1.54, 1.807) is 6.07 Å². The fourth-order valence-electron chi connectivity index (χ4n) is 4.16. The summed E-state index contributed by atoms with van der Waals surface area (Å²) in [5.41, 5.74) is 7.69. The number of pyridine rings is 1. The molecule has 4 rings (SSSR count). The van der Waals surface area contributed by atoms with Crippen LogP contribution in [0.3, 0.4) is 0 Å². The molecule has 0 unspecified atom stereocenters. The third-order valence-corrected chi connectivity index (χ3v) is 5.78. The van der Waals surface area contributed by atoms with Crippen molar-refractivity contribution in [2.75, 3.05) is 11.9 Å². The number of nitrogens with zero attached hydrogens (tertiary/aromatic N) is 2. The molecule has 0 aliphatic carbocycles. The van der Waals surface area contributed by atoms with Crippen molar-refractivity contribution in [1.29, 1.82) is 0 Å². The summed E-state index contributed by atoms with van der Waals surface area (Å²) in [5.74, 6) is -2.32. The topological polar surface area (TPSA) is 134 Å². The summed E-state index contributed by atoms with van der Waals surface area (Å²) in [4.78, 5) is 55.0. The number of fused-ring (bicyclic) bond motifs is 1. The van der Waals surface area contributed by atoms with Gasteiger partial charge in [0.15, 0.2) is 0 Å². The number of carbonyl (C=O) groups is 4. The van der Waals surface area contributed by atoms with Crippen LogP contribution in [0.5, 0.6) is 0 Å². The molecule has 1 aromatic heterocycles. The maximum atomic E-state index is 13.1. The molecule has 9 nitrogen and oxygen atoms in total. The van der Waals surface area contributed by atoms with E-state index in [2.05, 4.69) is 15.6 Å². The standard InChI is InChI=1S/C22H23N5O4/c1-12-4-7-17(13-5-6-14-10-25-20(29)16(14)9-13)27(11-12)22(31)21(30)26-19-15(18(23)28)3-2-8-24-19/h2-3,5-6,8-9,12,17H,4,7,10-11H2,1H3,(H2,23,28)(H,25,29)(H,24,26,30)/t12-,17+/m0/s1. The number of primary amides is 1. The minimum Gasteiger partial charge on any atom is -0.365 e. The zero-order valence-electron chi connectivity index (χ0n) is 17.1. The van der Waals surface area contributed by atoms with Crippen LogP contribution in [0.2, 0.25) is 0 Å². The summed E-state index contributed by atoms with van der Waals surface area (Å²) in [6.07, 6.45) is 2.97. The number of amides is 4. The summed E-state index contributed by atoms with van der Waals surface area (Å²) in [7, 11) is 0. The Kier molecular flexibility index (Phi) is 5.41. The van der Waals surface area contributed by atoms with E-state index < -0.39 is 17.7 Å². The van der Waals surface area contributed by atoms with Crippen LogP contribution in [0, 0.1) is 5.92 Å². The molecule has 31 heavy (non-hydrogen) atoms. The SMILES string of the molecule is C[C@H]1CC[C@H](c2ccc3c(c2)C(=O)NC3)N(C(=O)C(=O)Nc2ncccc2C(N)=O)C1. The van der Waals surface area contributed by atoms with Gasteiger partial charge in [-0.25, -0.2) is 4.98 Å². The van der Waals surface area contributed by atoms with Gasteiger partial charge < -0.3 is 21.3 Å². The third-order valence-electron chi connectivity index (χ3n) is 5.78. The van der Waals surface area contributed by atoms with Crippen molar-refractivity contribution in [3.63, 3.8) is 0 Å². The van der Waals surface area contributed by atoms with E-state index in [1.807, 2.05) is 19.1 Å². The molecular weight excluding hydrogens is 398 g/mol. The minimum atomic E-state index is -0.890. The number of hydrogen-bond donors (Lipinski definition) is 3. The van der Waals surface area contributed by atoms with Gasteiger partial charge in [0.25, 0.3) is 11.8 Å². The molecule has 2 atom stereocenters. The van der Waals surface area contributed by atoms with Gasteiger partial charge in [0.05, 0.1) is 11.6 Å². The zero-order chi connectivity index (χ0) is 22.1. The first-order valence-corrected chi connectivity index (χ1v) is 10.1. The van der Waals surface area contributed by atoms with E-state index in [-0.39, 0.29) is 29.2 Å². The number of benzene rings is 1. The lowest BCUT2D eigenvalue weighted by atomic mass is 9.88. The minimum absolute atomic E-state index is 0.0249. The number of nitrogens with two attached hydrogens (primary N) is 1. The van der Waals surface area contributed by atoms with Gasteiger partial charge in [-0.15, -0.1) is 0 Å². The Balaban J connectivity index is 1.59. The fourth-order valence-corrected chi connectivity index (χ4v) is 4.16. The molecule has 160 valence electrons. The van der Waals surface area contributed by atoms with Crippen LogP contribution in [0.25, 0.3) is 0 Å². The van der Waals surface area contributed by atoms with Gasteiger partial charge >= 0.3 is 11.8 Å². The molecule has 1 saturated heterocycles. The second-order valence-electron chi connectivity index (χ2n) is 7.97. The number of nitrogens with one attached hydrogen (secondary N) is 2. The quantitative estimate of drug-likeness (QED) is 0.643. The van der Waals surface area contributed by atoms with Gasteiger partial charge in [-0.05, 0) is 48.1 Å². The molecule has 4 amide bonds. The third kappa shape index (κ3) is 3.98. The van der Waals surface area contributed by atoms with E-state index in [1.165, 1.54) is 23.2 Å². The molecule has 0 bridgehead atoms. The Morgan fingerprint density at radius 2 is 2.03 bits per heavy atom. The fraction of sp³-hybridized carbons (Fsp3) is 0.318. The Morgan fingerprint density at radius 1 is 1.23 bits per heavy atom. The summed E-state index contributed by atoms with van der Waals surface area (Å²) in [6, 6.07) is 8.21. The first kappa shape index (κ1) is 20.5. The highest BCUT2D eigenvalue weighted by molar-refractivity contribution is 6.39. The van der Waals surface area contributed by atoms with Crippen molar-refractivity contribution in [3.8, 4) is 0 Å². The number of likely N-dealkylation sites (tertiary alicyclic amines) is 1. The maximum Gasteiger partial charge on any atom is 0.315 e. The van der Waals surface area contributed by atoms with Gasteiger partial charge in [-0.2, -0.15) is 0 Å². The van der Waals surface area contributed by atoms with Crippen molar-refractivity contribution in [2.45, 2.75) is 32.4 Å². The van der Waals surface area contributed by atoms with Crippen LogP contribution in [-0.4, -0.2) is 40.1 Å². The van der Waals surface area contributed by atoms with Crippen molar-refractivity contribution in [1.82, 2.24) is 15.2 Å². The molecule has 1 fully saturated rings. The monoisotopic (exact) mass is 421 g/mol. The Bertz CT molecular complexity index is 1080. The zero-order valence-corrected chi connectivity index (χ0v) is 17.1. The van der Waals surface area contributed by atoms with E-state index in [4.69, 9.17) is 5.73 Å². The largest absolute Gasteiger partial charge is 0.365 e. The first-order chi connectivity index (χ1) is 14.8. The van der Waals surface area contributed by atoms with Crippen LogP contribution in [0.15, 0.2) is 36.5 Å². The number of aromatic nitrogens is 1. The molecule has 2 aliphatic rings. The van der Waals surface area contributed by atoms with E-state index in [0.29, 0.717) is 25.1 Å². The van der Waals surface area contributed by atoms with Gasteiger partial charge in [0, 0.05) is 24.8 Å².